The summed E-state index contributed by atoms with van der Waals surface area (Å²) in [6.45, 7) is 0.879. The summed E-state index contributed by atoms with van der Waals surface area (Å²) in [5.74, 6) is 1.27. The van der Waals surface area contributed by atoms with Crippen LogP contribution in [-0.2, 0) is 6.42 Å². The monoisotopic (exact) mass is 374 g/mol. The van der Waals surface area contributed by atoms with Gasteiger partial charge in [-0.2, -0.15) is 0 Å². The summed E-state index contributed by atoms with van der Waals surface area (Å²) in [6.07, 6.45) is 3.70. The molecule has 1 fully saturated rings. The Hall–Kier alpha value is -3.18. The maximum atomic E-state index is 12.9. The van der Waals surface area contributed by atoms with Crippen molar-refractivity contribution in [3.05, 3.63) is 90.3 Å². The zero-order valence-electron chi connectivity index (χ0n) is 15.4. The molecule has 5 heteroatoms. The Bertz CT molecular complexity index is 931. The van der Waals surface area contributed by atoms with Gasteiger partial charge in [0.05, 0.1) is 6.10 Å². The van der Waals surface area contributed by atoms with Crippen molar-refractivity contribution in [1.29, 1.82) is 0 Å². The number of carbonyl (C=O) groups excluding carboxylic acids is 1. The van der Waals surface area contributed by atoms with Gasteiger partial charge in [0.2, 0.25) is 0 Å². The molecule has 3 aromatic rings. The zero-order valence-corrected chi connectivity index (χ0v) is 15.4. The first-order chi connectivity index (χ1) is 13.7. The first-order valence-electron chi connectivity index (χ1n) is 9.38. The highest BCUT2D eigenvalue weighted by atomic mass is 16.5. The summed E-state index contributed by atoms with van der Waals surface area (Å²) in [5.41, 5.74) is 1.68. The fourth-order valence-electron chi connectivity index (χ4n) is 3.54. The molecule has 1 aliphatic heterocycles. The molecule has 0 saturated carbocycles. The van der Waals surface area contributed by atoms with Gasteiger partial charge in [0.1, 0.15) is 11.5 Å². The lowest BCUT2D eigenvalue weighted by Gasteiger charge is -2.17. The average Bonchev–Trinajstić information content (AvgIpc) is 3.09. The van der Waals surface area contributed by atoms with Crippen molar-refractivity contribution in [2.24, 2.45) is 5.92 Å². The lowest BCUT2D eigenvalue weighted by Crippen LogP contribution is -2.29. The molecule has 1 aliphatic rings. The molecule has 1 aromatic heterocycles. The third kappa shape index (κ3) is 4.21. The first kappa shape index (κ1) is 18.2. The molecule has 0 bridgehead atoms. The molecule has 0 radical (unpaired) electrons. The summed E-state index contributed by atoms with van der Waals surface area (Å²) in [4.78, 5) is 18.7. The lowest BCUT2D eigenvalue weighted by atomic mass is 9.97. The van der Waals surface area contributed by atoms with Crippen molar-refractivity contribution < 1.29 is 14.6 Å². The van der Waals surface area contributed by atoms with E-state index in [0.29, 0.717) is 24.4 Å². The minimum absolute atomic E-state index is 0.0232. The number of β-amino-alcohol motifs (C(OH)–C–C–N with tert-alkyl or cyclic N) is 1. The largest absolute Gasteiger partial charge is 0.457 e. The summed E-state index contributed by atoms with van der Waals surface area (Å²) < 4.78 is 5.83. The number of carbonyl (C=O) groups is 1. The summed E-state index contributed by atoms with van der Waals surface area (Å²) in [7, 11) is 0. The van der Waals surface area contributed by atoms with Crippen molar-refractivity contribution in [3.8, 4) is 11.5 Å². The average molecular weight is 374 g/mol. The van der Waals surface area contributed by atoms with Gasteiger partial charge in [0.25, 0.3) is 5.91 Å². The number of ether oxygens (including phenoxy) is 1. The van der Waals surface area contributed by atoms with Gasteiger partial charge in [-0.3, -0.25) is 9.78 Å². The van der Waals surface area contributed by atoms with E-state index in [0.717, 1.165) is 17.7 Å². The Morgan fingerprint density at radius 1 is 1.00 bits per heavy atom. The van der Waals surface area contributed by atoms with Crippen LogP contribution in [0.2, 0.25) is 0 Å². The number of amides is 1. The predicted molar refractivity (Wildman–Crippen MR) is 106 cm³/mol. The molecule has 0 spiro atoms. The van der Waals surface area contributed by atoms with E-state index in [1.54, 1.807) is 29.4 Å². The summed E-state index contributed by atoms with van der Waals surface area (Å²) in [5, 5.41) is 10.4. The number of aliphatic hydroxyl groups excluding tert-OH is 1. The van der Waals surface area contributed by atoms with Gasteiger partial charge in [-0.1, -0.05) is 24.3 Å². The number of benzene rings is 2. The van der Waals surface area contributed by atoms with Crippen LogP contribution in [-0.4, -0.2) is 40.1 Å². The molecule has 5 nitrogen and oxygen atoms in total. The number of hydrogen-bond acceptors (Lipinski definition) is 4. The molecular weight excluding hydrogens is 352 g/mol. The molecule has 1 N–H and O–H groups in total. The van der Waals surface area contributed by atoms with E-state index in [1.165, 1.54) is 0 Å². The fraction of sp³-hybridized carbons (Fsp3) is 0.217. The number of aromatic nitrogens is 1. The topological polar surface area (TPSA) is 62.7 Å². The highest BCUT2D eigenvalue weighted by Gasteiger charge is 2.34. The minimum atomic E-state index is -0.527. The molecular formula is C23H22N2O3. The summed E-state index contributed by atoms with van der Waals surface area (Å²) >= 11 is 0. The summed E-state index contributed by atoms with van der Waals surface area (Å²) in [6, 6.07) is 20.5. The maximum absolute atomic E-state index is 12.9. The normalized spacial score (nSPS) is 18.8. The second-order valence-corrected chi connectivity index (χ2v) is 7.04. The van der Waals surface area contributed by atoms with E-state index < -0.39 is 6.10 Å². The Morgan fingerprint density at radius 3 is 2.54 bits per heavy atom. The van der Waals surface area contributed by atoms with E-state index in [4.69, 9.17) is 4.74 Å². The Morgan fingerprint density at radius 2 is 1.75 bits per heavy atom. The Kier molecular flexibility index (Phi) is 5.35. The molecule has 142 valence electrons. The number of aliphatic hydroxyl groups is 1. The van der Waals surface area contributed by atoms with E-state index in [1.807, 2.05) is 54.6 Å². The van der Waals surface area contributed by atoms with Gasteiger partial charge in [-0.05, 0) is 54.4 Å². The molecule has 4 rings (SSSR count). The first-order valence-corrected chi connectivity index (χ1v) is 9.38. The van der Waals surface area contributed by atoms with Gasteiger partial charge in [0, 0.05) is 37.0 Å². The van der Waals surface area contributed by atoms with Crippen LogP contribution < -0.4 is 4.74 Å². The third-order valence-corrected chi connectivity index (χ3v) is 5.00. The van der Waals surface area contributed by atoms with E-state index in [2.05, 4.69) is 4.98 Å². The standard InChI is InChI=1S/C23H22N2O3/c26-22-16-25(15-19(22)13-17-9-11-24-12-10-17)23(27)18-5-4-8-21(14-18)28-20-6-2-1-3-7-20/h1-12,14,19,22,26H,13,15-16H2/t19-,22+/m1/s1. The fourth-order valence-corrected chi connectivity index (χ4v) is 3.54. The highest BCUT2D eigenvalue weighted by Crippen LogP contribution is 2.26. The molecule has 1 amide bonds. The van der Waals surface area contributed by atoms with E-state index in [-0.39, 0.29) is 11.8 Å². The molecule has 0 unspecified atom stereocenters. The van der Waals surface area contributed by atoms with Crippen LogP contribution in [0.25, 0.3) is 0 Å². The van der Waals surface area contributed by atoms with E-state index >= 15 is 0 Å². The second kappa shape index (κ2) is 8.23. The quantitative estimate of drug-likeness (QED) is 0.742. The van der Waals surface area contributed by atoms with Gasteiger partial charge < -0.3 is 14.7 Å². The second-order valence-electron chi connectivity index (χ2n) is 7.04. The highest BCUT2D eigenvalue weighted by molar-refractivity contribution is 5.94. The predicted octanol–water partition coefficient (Wildman–Crippen LogP) is 3.55. The van der Waals surface area contributed by atoms with Crippen LogP contribution in [0.3, 0.4) is 0 Å². The molecule has 2 atom stereocenters. The zero-order chi connectivity index (χ0) is 19.3. The van der Waals surface area contributed by atoms with Crippen molar-refractivity contribution in [2.45, 2.75) is 12.5 Å². The van der Waals surface area contributed by atoms with Crippen molar-refractivity contribution in [2.75, 3.05) is 13.1 Å². The maximum Gasteiger partial charge on any atom is 0.254 e. The Balaban J connectivity index is 1.44. The van der Waals surface area contributed by atoms with Gasteiger partial charge in [-0.15, -0.1) is 0 Å². The van der Waals surface area contributed by atoms with Crippen LogP contribution in [0.4, 0.5) is 0 Å². The molecule has 2 aromatic carbocycles. The minimum Gasteiger partial charge on any atom is -0.457 e. The Labute approximate surface area is 164 Å². The van der Waals surface area contributed by atoms with Gasteiger partial charge in [0.15, 0.2) is 0 Å². The lowest BCUT2D eigenvalue weighted by molar-refractivity contribution is 0.0764. The van der Waals surface area contributed by atoms with Crippen molar-refractivity contribution in [1.82, 2.24) is 9.88 Å². The van der Waals surface area contributed by atoms with Crippen LogP contribution in [0.1, 0.15) is 15.9 Å². The van der Waals surface area contributed by atoms with Gasteiger partial charge in [-0.25, -0.2) is 0 Å². The van der Waals surface area contributed by atoms with Crippen molar-refractivity contribution >= 4 is 5.91 Å². The molecule has 28 heavy (non-hydrogen) atoms. The number of rotatable bonds is 5. The number of likely N-dealkylation sites (tertiary alicyclic amines) is 1. The molecule has 0 aliphatic carbocycles. The van der Waals surface area contributed by atoms with Crippen molar-refractivity contribution in [3.63, 3.8) is 0 Å². The van der Waals surface area contributed by atoms with Gasteiger partial charge >= 0.3 is 0 Å². The smallest absolute Gasteiger partial charge is 0.254 e. The number of pyridine rings is 1. The van der Waals surface area contributed by atoms with Crippen LogP contribution >= 0.6 is 0 Å². The number of hydrogen-bond donors (Lipinski definition) is 1. The molecule has 2 heterocycles. The molecule has 1 saturated heterocycles. The van der Waals surface area contributed by atoms with Crippen LogP contribution in [0.5, 0.6) is 11.5 Å². The number of para-hydroxylation sites is 1. The van der Waals surface area contributed by atoms with Crippen LogP contribution in [0.15, 0.2) is 79.1 Å². The van der Waals surface area contributed by atoms with Crippen LogP contribution in [0, 0.1) is 5.92 Å². The third-order valence-electron chi connectivity index (χ3n) is 5.00. The number of nitrogens with zero attached hydrogens (tertiary/aromatic N) is 2. The SMILES string of the molecule is O=C(c1cccc(Oc2ccccc2)c1)N1C[C@@H](Cc2ccncc2)[C@@H](O)C1. The van der Waals surface area contributed by atoms with E-state index in [9.17, 15) is 9.90 Å².